The molecule has 0 aliphatic carbocycles. The highest BCUT2D eigenvalue weighted by atomic mass is 16.1. The topological polar surface area (TPSA) is 54.0 Å². The van der Waals surface area contributed by atoms with Gasteiger partial charge in [0.2, 0.25) is 0 Å². The van der Waals surface area contributed by atoms with Crippen LogP contribution in [-0.2, 0) is 0 Å². The lowest BCUT2D eigenvalue weighted by atomic mass is 10.2. The molecule has 4 nitrogen and oxygen atoms in total. The van der Waals surface area contributed by atoms with E-state index in [1.54, 1.807) is 12.3 Å². The van der Waals surface area contributed by atoms with Gasteiger partial charge in [0, 0.05) is 24.1 Å². The van der Waals surface area contributed by atoms with Crippen molar-refractivity contribution in [2.24, 2.45) is 0 Å². The zero-order valence-corrected chi connectivity index (χ0v) is 10.9. The second-order valence-electron chi connectivity index (χ2n) is 4.18. The molecule has 0 saturated carbocycles. The Morgan fingerprint density at radius 3 is 2.68 bits per heavy atom. The van der Waals surface area contributed by atoms with E-state index in [-0.39, 0.29) is 5.91 Å². The van der Waals surface area contributed by atoms with Gasteiger partial charge in [-0.15, -0.1) is 0 Å². The fourth-order valence-electron chi connectivity index (χ4n) is 1.65. The van der Waals surface area contributed by atoms with Crippen LogP contribution >= 0.6 is 0 Å². The van der Waals surface area contributed by atoms with E-state index in [0.717, 1.165) is 24.3 Å². The summed E-state index contributed by atoms with van der Waals surface area (Å²) in [4.78, 5) is 16.1. The van der Waals surface area contributed by atoms with Crippen LogP contribution in [0.2, 0.25) is 0 Å². The van der Waals surface area contributed by atoms with E-state index < -0.39 is 0 Å². The number of anilines is 2. The third-order valence-electron chi connectivity index (χ3n) is 2.60. The van der Waals surface area contributed by atoms with Gasteiger partial charge in [0.1, 0.15) is 5.69 Å². The molecule has 4 heteroatoms. The van der Waals surface area contributed by atoms with Crippen molar-refractivity contribution in [3.8, 4) is 0 Å². The molecule has 0 saturated heterocycles. The largest absolute Gasteiger partial charge is 0.385 e. The van der Waals surface area contributed by atoms with Crippen LogP contribution in [-0.4, -0.2) is 17.4 Å². The maximum absolute atomic E-state index is 12.0. The van der Waals surface area contributed by atoms with Crippen molar-refractivity contribution in [1.29, 1.82) is 0 Å². The zero-order chi connectivity index (χ0) is 13.5. The van der Waals surface area contributed by atoms with Crippen molar-refractivity contribution in [1.82, 2.24) is 4.98 Å². The summed E-state index contributed by atoms with van der Waals surface area (Å²) in [5, 5.41) is 6.05. The van der Waals surface area contributed by atoms with Gasteiger partial charge in [-0.3, -0.25) is 9.78 Å². The van der Waals surface area contributed by atoms with Gasteiger partial charge >= 0.3 is 0 Å². The van der Waals surface area contributed by atoms with Crippen molar-refractivity contribution >= 4 is 17.3 Å². The van der Waals surface area contributed by atoms with E-state index in [1.165, 1.54) is 0 Å². The van der Waals surface area contributed by atoms with Crippen LogP contribution < -0.4 is 10.6 Å². The van der Waals surface area contributed by atoms with E-state index in [0.29, 0.717) is 5.69 Å². The normalized spacial score (nSPS) is 9.95. The molecule has 1 aromatic heterocycles. The number of carbonyl (C=O) groups is 1. The highest BCUT2D eigenvalue weighted by Crippen LogP contribution is 2.11. The van der Waals surface area contributed by atoms with E-state index in [1.807, 2.05) is 36.4 Å². The minimum Gasteiger partial charge on any atom is -0.385 e. The van der Waals surface area contributed by atoms with Gasteiger partial charge in [-0.25, -0.2) is 0 Å². The number of nitrogens with one attached hydrogen (secondary N) is 2. The SMILES string of the molecule is CCCNc1ccnc(C(=O)Nc2ccccc2)c1. The fourth-order valence-corrected chi connectivity index (χ4v) is 1.65. The number of nitrogens with zero attached hydrogens (tertiary/aromatic N) is 1. The minimum atomic E-state index is -0.202. The van der Waals surface area contributed by atoms with Crippen molar-refractivity contribution in [2.75, 3.05) is 17.2 Å². The van der Waals surface area contributed by atoms with Crippen molar-refractivity contribution < 1.29 is 4.79 Å². The first-order chi connectivity index (χ1) is 9.29. The molecule has 98 valence electrons. The highest BCUT2D eigenvalue weighted by Gasteiger charge is 2.07. The number of hydrogen-bond acceptors (Lipinski definition) is 3. The van der Waals surface area contributed by atoms with Gasteiger partial charge in [-0.2, -0.15) is 0 Å². The first-order valence-corrected chi connectivity index (χ1v) is 6.36. The highest BCUT2D eigenvalue weighted by molar-refractivity contribution is 6.03. The monoisotopic (exact) mass is 255 g/mol. The molecule has 0 spiro atoms. The molecule has 0 aliphatic rings. The minimum absolute atomic E-state index is 0.202. The van der Waals surface area contributed by atoms with Crippen molar-refractivity contribution in [3.05, 3.63) is 54.4 Å². The average Bonchev–Trinajstić information content (AvgIpc) is 2.46. The van der Waals surface area contributed by atoms with Crippen molar-refractivity contribution in [2.45, 2.75) is 13.3 Å². The lowest BCUT2D eigenvalue weighted by Crippen LogP contribution is -2.14. The number of benzene rings is 1. The van der Waals surface area contributed by atoms with Gasteiger partial charge < -0.3 is 10.6 Å². The molecular weight excluding hydrogens is 238 g/mol. The molecule has 2 rings (SSSR count). The number of amides is 1. The summed E-state index contributed by atoms with van der Waals surface area (Å²) in [5.74, 6) is -0.202. The van der Waals surface area contributed by atoms with E-state index in [9.17, 15) is 4.79 Å². The van der Waals surface area contributed by atoms with E-state index in [2.05, 4.69) is 22.5 Å². The van der Waals surface area contributed by atoms with Crippen LogP contribution in [0, 0.1) is 0 Å². The molecule has 2 aromatic rings. The Balaban J connectivity index is 2.06. The molecule has 19 heavy (non-hydrogen) atoms. The smallest absolute Gasteiger partial charge is 0.274 e. The summed E-state index contributed by atoms with van der Waals surface area (Å²) < 4.78 is 0. The zero-order valence-electron chi connectivity index (χ0n) is 10.9. The van der Waals surface area contributed by atoms with Crippen LogP contribution in [0.1, 0.15) is 23.8 Å². The predicted octanol–water partition coefficient (Wildman–Crippen LogP) is 3.16. The second kappa shape index (κ2) is 6.54. The van der Waals surface area contributed by atoms with Gasteiger partial charge in [-0.1, -0.05) is 25.1 Å². The van der Waals surface area contributed by atoms with Gasteiger partial charge in [0.25, 0.3) is 5.91 Å². The van der Waals surface area contributed by atoms with Crippen LogP contribution in [0.5, 0.6) is 0 Å². The number of para-hydroxylation sites is 1. The molecular formula is C15H17N3O. The molecule has 1 amide bonds. The summed E-state index contributed by atoms with van der Waals surface area (Å²) in [7, 11) is 0. The Morgan fingerprint density at radius 2 is 1.95 bits per heavy atom. The molecule has 0 aliphatic heterocycles. The Bertz CT molecular complexity index is 540. The van der Waals surface area contributed by atoms with Gasteiger partial charge in [0.05, 0.1) is 0 Å². The number of aromatic nitrogens is 1. The maximum atomic E-state index is 12.0. The molecule has 0 atom stereocenters. The Morgan fingerprint density at radius 1 is 1.16 bits per heavy atom. The average molecular weight is 255 g/mol. The summed E-state index contributed by atoms with van der Waals surface area (Å²) in [6.07, 6.45) is 2.67. The Labute approximate surface area is 112 Å². The Hall–Kier alpha value is -2.36. The molecule has 0 bridgehead atoms. The lowest BCUT2D eigenvalue weighted by molar-refractivity contribution is 0.102. The molecule has 1 heterocycles. The third-order valence-corrected chi connectivity index (χ3v) is 2.60. The summed E-state index contributed by atoms with van der Waals surface area (Å²) in [5.41, 5.74) is 2.08. The van der Waals surface area contributed by atoms with E-state index >= 15 is 0 Å². The molecule has 0 unspecified atom stereocenters. The van der Waals surface area contributed by atoms with Gasteiger partial charge in [0.15, 0.2) is 0 Å². The fraction of sp³-hybridized carbons (Fsp3) is 0.200. The van der Waals surface area contributed by atoms with Crippen LogP contribution in [0.3, 0.4) is 0 Å². The Kier molecular flexibility index (Phi) is 4.50. The molecule has 0 radical (unpaired) electrons. The number of pyridine rings is 1. The quantitative estimate of drug-likeness (QED) is 0.863. The van der Waals surface area contributed by atoms with Gasteiger partial charge in [-0.05, 0) is 30.7 Å². The first kappa shape index (κ1) is 13.1. The van der Waals surface area contributed by atoms with E-state index in [4.69, 9.17) is 0 Å². The van der Waals surface area contributed by atoms with Crippen LogP contribution in [0.25, 0.3) is 0 Å². The summed E-state index contributed by atoms with van der Waals surface area (Å²) in [6.45, 7) is 2.97. The number of carbonyl (C=O) groups excluding carboxylic acids is 1. The molecule has 2 N–H and O–H groups in total. The summed E-state index contributed by atoms with van der Waals surface area (Å²) in [6, 6.07) is 13.0. The number of rotatable bonds is 5. The lowest BCUT2D eigenvalue weighted by Gasteiger charge is -2.07. The summed E-state index contributed by atoms with van der Waals surface area (Å²) >= 11 is 0. The van der Waals surface area contributed by atoms with Crippen LogP contribution in [0.4, 0.5) is 11.4 Å². The third kappa shape index (κ3) is 3.81. The first-order valence-electron chi connectivity index (χ1n) is 6.36. The van der Waals surface area contributed by atoms with Crippen LogP contribution in [0.15, 0.2) is 48.7 Å². The standard InChI is InChI=1S/C15H17N3O/c1-2-9-16-13-8-10-17-14(11-13)15(19)18-12-6-4-3-5-7-12/h3-8,10-11H,2,9H2,1H3,(H,16,17)(H,18,19). The second-order valence-corrected chi connectivity index (χ2v) is 4.18. The predicted molar refractivity (Wildman–Crippen MR) is 77.4 cm³/mol. The molecule has 1 aromatic carbocycles. The number of hydrogen-bond donors (Lipinski definition) is 2. The van der Waals surface area contributed by atoms with Crippen molar-refractivity contribution in [3.63, 3.8) is 0 Å². The molecule has 0 fully saturated rings. The maximum Gasteiger partial charge on any atom is 0.274 e.